The number of sulfonamides is 1. The van der Waals surface area contributed by atoms with Gasteiger partial charge in [-0.15, -0.1) is 0 Å². The molecule has 1 heterocycles. The van der Waals surface area contributed by atoms with E-state index < -0.39 is 10.0 Å². The molecule has 0 aliphatic carbocycles. The Balaban J connectivity index is 1.84. The van der Waals surface area contributed by atoms with Gasteiger partial charge < -0.3 is 14.2 Å². The van der Waals surface area contributed by atoms with Crippen LogP contribution in [0.3, 0.4) is 0 Å². The predicted octanol–water partition coefficient (Wildman–Crippen LogP) is 2.73. The SMILES string of the molecule is COc1ccc(S(=O)(=O)NCC2(c3ccccc3)CCOCC2)cc1OC. The lowest BCUT2D eigenvalue weighted by molar-refractivity contribution is 0.0517. The molecular weight excluding hydrogens is 366 g/mol. The normalized spacial score (nSPS) is 16.7. The van der Waals surface area contributed by atoms with Crippen molar-refractivity contribution in [2.24, 2.45) is 0 Å². The van der Waals surface area contributed by atoms with Crippen LogP contribution in [-0.4, -0.2) is 42.4 Å². The highest BCUT2D eigenvalue weighted by Gasteiger charge is 2.35. The van der Waals surface area contributed by atoms with Gasteiger partial charge in [0.25, 0.3) is 0 Å². The van der Waals surface area contributed by atoms with Crippen LogP contribution < -0.4 is 14.2 Å². The molecule has 1 aliphatic rings. The first-order valence-electron chi connectivity index (χ1n) is 8.86. The van der Waals surface area contributed by atoms with E-state index in [2.05, 4.69) is 16.9 Å². The van der Waals surface area contributed by atoms with E-state index in [0.717, 1.165) is 18.4 Å². The number of hydrogen-bond acceptors (Lipinski definition) is 5. The van der Waals surface area contributed by atoms with Crippen LogP contribution in [-0.2, 0) is 20.2 Å². The number of nitrogens with one attached hydrogen (secondary N) is 1. The van der Waals surface area contributed by atoms with E-state index in [4.69, 9.17) is 14.2 Å². The summed E-state index contributed by atoms with van der Waals surface area (Å²) in [6, 6.07) is 14.6. The molecule has 0 saturated carbocycles. The second-order valence-electron chi connectivity index (χ2n) is 6.60. The quantitative estimate of drug-likeness (QED) is 0.786. The summed E-state index contributed by atoms with van der Waals surface area (Å²) < 4.78 is 44.5. The molecule has 1 saturated heterocycles. The number of ether oxygens (including phenoxy) is 3. The van der Waals surface area contributed by atoms with Crippen LogP contribution in [0.5, 0.6) is 11.5 Å². The maximum absolute atomic E-state index is 12.9. The molecule has 0 bridgehead atoms. The molecule has 0 amide bonds. The first-order chi connectivity index (χ1) is 13.0. The molecule has 1 fully saturated rings. The lowest BCUT2D eigenvalue weighted by Gasteiger charge is -2.37. The molecule has 0 radical (unpaired) electrons. The summed E-state index contributed by atoms with van der Waals surface area (Å²) in [5.74, 6) is 0.867. The van der Waals surface area contributed by atoms with E-state index >= 15 is 0 Å². The summed E-state index contributed by atoms with van der Waals surface area (Å²) in [4.78, 5) is 0.149. The Bertz CT molecular complexity index is 861. The van der Waals surface area contributed by atoms with Crippen molar-refractivity contribution in [1.29, 1.82) is 0 Å². The molecule has 2 aromatic carbocycles. The van der Waals surface area contributed by atoms with Crippen molar-refractivity contribution in [2.45, 2.75) is 23.2 Å². The lowest BCUT2D eigenvalue weighted by Crippen LogP contribution is -2.44. The van der Waals surface area contributed by atoms with Crippen molar-refractivity contribution in [3.8, 4) is 11.5 Å². The van der Waals surface area contributed by atoms with Gasteiger partial charge >= 0.3 is 0 Å². The van der Waals surface area contributed by atoms with Gasteiger partial charge in [0.2, 0.25) is 10.0 Å². The van der Waals surface area contributed by atoms with Crippen LogP contribution in [0.4, 0.5) is 0 Å². The van der Waals surface area contributed by atoms with Gasteiger partial charge in [-0.05, 0) is 30.5 Å². The van der Waals surface area contributed by atoms with Crippen molar-refractivity contribution in [1.82, 2.24) is 4.72 Å². The van der Waals surface area contributed by atoms with Crippen LogP contribution in [0.2, 0.25) is 0 Å². The Labute approximate surface area is 160 Å². The maximum atomic E-state index is 12.9. The third-order valence-electron chi connectivity index (χ3n) is 5.10. The summed E-state index contributed by atoms with van der Waals surface area (Å²) in [6.45, 7) is 1.55. The Hall–Kier alpha value is -2.09. The highest BCUT2D eigenvalue weighted by molar-refractivity contribution is 7.89. The van der Waals surface area contributed by atoms with Crippen molar-refractivity contribution >= 4 is 10.0 Å². The molecule has 1 N–H and O–H groups in total. The molecule has 0 atom stereocenters. The molecule has 27 heavy (non-hydrogen) atoms. The maximum Gasteiger partial charge on any atom is 0.240 e. The number of hydrogen-bond donors (Lipinski definition) is 1. The Morgan fingerprint density at radius 3 is 2.30 bits per heavy atom. The summed E-state index contributed by atoms with van der Waals surface area (Å²) in [5.41, 5.74) is 0.853. The molecular formula is C20H25NO5S. The predicted molar refractivity (Wildman–Crippen MR) is 103 cm³/mol. The molecule has 7 heteroatoms. The zero-order chi connectivity index (χ0) is 19.3. The fraction of sp³-hybridized carbons (Fsp3) is 0.400. The van der Waals surface area contributed by atoms with Crippen molar-refractivity contribution < 1.29 is 22.6 Å². The van der Waals surface area contributed by atoms with Crippen LogP contribution in [0.25, 0.3) is 0 Å². The molecule has 0 aromatic heterocycles. The highest BCUT2D eigenvalue weighted by Crippen LogP contribution is 2.35. The zero-order valence-corrected chi connectivity index (χ0v) is 16.4. The van der Waals surface area contributed by atoms with E-state index in [1.165, 1.54) is 26.4 Å². The van der Waals surface area contributed by atoms with Gasteiger partial charge in [-0.25, -0.2) is 13.1 Å². The van der Waals surface area contributed by atoms with Crippen molar-refractivity contribution in [3.63, 3.8) is 0 Å². The van der Waals surface area contributed by atoms with Crippen LogP contribution in [0, 0.1) is 0 Å². The Morgan fingerprint density at radius 2 is 1.67 bits per heavy atom. The summed E-state index contributed by atoms with van der Waals surface area (Å²) in [7, 11) is -0.697. The first kappa shape index (κ1) is 19.7. The molecule has 0 spiro atoms. The molecule has 146 valence electrons. The number of rotatable bonds is 7. The van der Waals surface area contributed by atoms with E-state index in [9.17, 15) is 8.42 Å². The number of benzene rings is 2. The largest absolute Gasteiger partial charge is 0.493 e. The fourth-order valence-corrected chi connectivity index (χ4v) is 4.56. The first-order valence-corrected chi connectivity index (χ1v) is 10.3. The minimum absolute atomic E-state index is 0.149. The van der Waals surface area contributed by atoms with Gasteiger partial charge in [-0.1, -0.05) is 30.3 Å². The summed E-state index contributed by atoms with van der Waals surface area (Å²) in [6.07, 6.45) is 1.54. The summed E-state index contributed by atoms with van der Waals surface area (Å²) in [5, 5.41) is 0. The molecule has 6 nitrogen and oxygen atoms in total. The lowest BCUT2D eigenvalue weighted by atomic mass is 9.74. The molecule has 2 aromatic rings. The zero-order valence-electron chi connectivity index (χ0n) is 15.6. The van der Waals surface area contributed by atoms with Gasteiger partial charge in [0, 0.05) is 31.2 Å². The van der Waals surface area contributed by atoms with Gasteiger partial charge in [-0.2, -0.15) is 0 Å². The molecule has 0 unspecified atom stereocenters. The molecule has 3 rings (SSSR count). The fourth-order valence-electron chi connectivity index (χ4n) is 3.42. The average molecular weight is 391 g/mol. The minimum atomic E-state index is -3.69. The van der Waals surface area contributed by atoms with Crippen LogP contribution >= 0.6 is 0 Å². The van der Waals surface area contributed by atoms with Crippen LogP contribution in [0.15, 0.2) is 53.4 Å². The van der Waals surface area contributed by atoms with Crippen molar-refractivity contribution in [2.75, 3.05) is 34.0 Å². The Morgan fingerprint density at radius 1 is 1.00 bits per heavy atom. The highest BCUT2D eigenvalue weighted by atomic mass is 32.2. The topological polar surface area (TPSA) is 73.9 Å². The van der Waals surface area contributed by atoms with E-state index in [1.807, 2.05) is 18.2 Å². The number of methoxy groups -OCH3 is 2. The third kappa shape index (κ3) is 4.26. The standard InChI is InChI=1S/C20H25NO5S/c1-24-18-9-8-17(14-19(18)25-2)27(22,23)21-15-20(10-12-26-13-11-20)16-6-4-3-5-7-16/h3-9,14,21H,10-13,15H2,1-2H3. The van der Waals surface area contributed by atoms with Gasteiger partial charge in [0.15, 0.2) is 11.5 Å². The second-order valence-corrected chi connectivity index (χ2v) is 8.37. The van der Waals surface area contributed by atoms with E-state index in [1.54, 1.807) is 6.07 Å². The van der Waals surface area contributed by atoms with Gasteiger partial charge in [0.1, 0.15) is 0 Å². The smallest absolute Gasteiger partial charge is 0.240 e. The van der Waals surface area contributed by atoms with Gasteiger partial charge in [-0.3, -0.25) is 0 Å². The third-order valence-corrected chi connectivity index (χ3v) is 6.50. The molecule has 1 aliphatic heterocycles. The second kappa shape index (κ2) is 8.29. The minimum Gasteiger partial charge on any atom is -0.493 e. The Kier molecular flexibility index (Phi) is 6.04. The van der Waals surface area contributed by atoms with Crippen molar-refractivity contribution in [3.05, 3.63) is 54.1 Å². The van der Waals surface area contributed by atoms with E-state index in [0.29, 0.717) is 31.3 Å². The summed E-state index contributed by atoms with van der Waals surface area (Å²) >= 11 is 0. The van der Waals surface area contributed by atoms with E-state index in [-0.39, 0.29) is 10.3 Å². The average Bonchev–Trinajstić information content (AvgIpc) is 2.73. The van der Waals surface area contributed by atoms with Gasteiger partial charge in [0.05, 0.1) is 19.1 Å². The van der Waals surface area contributed by atoms with Crippen LogP contribution in [0.1, 0.15) is 18.4 Å². The monoisotopic (exact) mass is 391 g/mol.